The summed E-state index contributed by atoms with van der Waals surface area (Å²) in [6, 6.07) is -0.0365. The van der Waals surface area contributed by atoms with E-state index in [2.05, 4.69) is 0 Å². The van der Waals surface area contributed by atoms with Gasteiger partial charge in [-0.3, -0.25) is 4.79 Å². The summed E-state index contributed by atoms with van der Waals surface area (Å²) in [5.41, 5.74) is -0.796. The first kappa shape index (κ1) is 15.4. The average molecular weight is 277 g/mol. The number of hydrogen-bond acceptors (Lipinski definition) is 4. The number of sulfone groups is 1. The topological polar surface area (TPSA) is 74.7 Å². The van der Waals surface area contributed by atoms with Crippen molar-refractivity contribution in [1.82, 2.24) is 4.90 Å². The van der Waals surface area contributed by atoms with Crippen molar-refractivity contribution >= 4 is 15.8 Å². The van der Waals surface area contributed by atoms with E-state index < -0.39 is 21.2 Å². The summed E-state index contributed by atoms with van der Waals surface area (Å²) in [6.45, 7) is 4.09. The lowest BCUT2D eigenvalue weighted by Crippen LogP contribution is -2.44. The van der Waals surface area contributed by atoms with Gasteiger partial charge in [-0.15, -0.1) is 0 Å². The third-order valence-corrected chi connectivity index (χ3v) is 5.50. The molecular formula is C12H23NO4S. The lowest BCUT2D eigenvalue weighted by atomic mass is 9.85. The molecular weight excluding hydrogens is 254 g/mol. The Kier molecular flexibility index (Phi) is 4.78. The van der Waals surface area contributed by atoms with Crippen LogP contribution in [0.15, 0.2) is 0 Å². The van der Waals surface area contributed by atoms with Gasteiger partial charge in [0.15, 0.2) is 9.84 Å². The van der Waals surface area contributed by atoms with E-state index in [9.17, 15) is 18.3 Å². The molecule has 0 saturated carbocycles. The zero-order valence-electron chi connectivity index (χ0n) is 11.3. The fraction of sp³-hybridized carbons (Fsp3) is 0.917. The number of carboxylic acid groups (broad SMARTS) is 1. The summed E-state index contributed by atoms with van der Waals surface area (Å²) < 4.78 is 22.9. The van der Waals surface area contributed by atoms with Gasteiger partial charge in [0.1, 0.15) is 0 Å². The molecule has 0 bridgehead atoms. The van der Waals surface area contributed by atoms with E-state index in [1.54, 1.807) is 6.92 Å². The van der Waals surface area contributed by atoms with Crippen molar-refractivity contribution in [1.29, 1.82) is 0 Å². The minimum atomic E-state index is -2.92. The Hall–Kier alpha value is -0.620. The van der Waals surface area contributed by atoms with Crippen LogP contribution in [-0.2, 0) is 14.6 Å². The molecule has 2 unspecified atom stereocenters. The van der Waals surface area contributed by atoms with Gasteiger partial charge in [-0.05, 0) is 26.8 Å². The number of aliphatic carboxylic acids is 1. The van der Waals surface area contributed by atoms with Crippen molar-refractivity contribution in [2.45, 2.75) is 39.2 Å². The normalized spacial score (nSPS) is 26.1. The highest BCUT2D eigenvalue weighted by molar-refractivity contribution is 7.91. The van der Waals surface area contributed by atoms with Crippen LogP contribution in [0.5, 0.6) is 0 Å². The Morgan fingerprint density at radius 2 is 2.11 bits per heavy atom. The third-order valence-electron chi connectivity index (χ3n) is 3.75. The zero-order valence-corrected chi connectivity index (χ0v) is 12.2. The molecule has 1 N–H and O–H groups in total. The smallest absolute Gasteiger partial charge is 0.310 e. The molecule has 106 valence electrons. The Morgan fingerprint density at radius 3 is 2.50 bits per heavy atom. The maximum Gasteiger partial charge on any atom is 0.310 e. The first-order valence-electron chi connectivity index (χ1n) is 6.34. The van der Waals surface area contributed by atoms with Crippen molar-refractivity contribution < 1.29 is 18.3 Å². The largest absolute Gasteiger partial charge is 0.481 e. The standard InChI is InChI=1S/C12H23NO4S/c1-4-6-12(2,11(14)15)9-13(3)10-5-7-18(16,17)8-10/h10H,4-9H2,1-3H3,(H,14,15). The summed E-state index contributed by atoms with van der Waals surface area (Å²) in [7, 11) is -1.10. The van der Waals surface area contributed by atoms with E-state index in [1.165, 1.54) is 0 Å². The van der Waals surface area contributed by atoms with Crippen LogP contribution in [0.1, 0.15) is 33.1 Å². The lowest BCUT2D eigenvalue weighted by Gasteiger charge is -2.32. The van der Waals surface area contributed by atoms with E-state index in [-0.39, 0.29) is 17.5 Å². The molecule has 1 saturated heterocycles. The number of rotatable bonds is 6. The maximum absolute atomic E-state index is 11.4. The molecule has 0 spiro atoms. The lowest BCUT2D eigenvalue weighted by molar-refractivity contribution is -0.149. The summed E-state index contributed by atoms with van der Waals surface area (Å²) in [5.74, 6) is -0.428. The molecule has 1 aliphatic rings. The van der Waals surface area contributed by atoms with Crippen LogP contribution in [0, 0.1) is 5.41 Å². The minimum Gasteiger partial charge on any atom is -0.481 e. The van der Waals surface area contributed by atoms with Crippen molar-refractivity contribution in [3.05, 3.63) is 0 Å². The molecule has 0 aromatic rings. The van der Waals surface area contributed by atoms with Gasteiger partial charge in [0.25, 0.3) is 0 Å². The number of hydrogen-bond donors (Lipinski definition) is 1. The highest BCUT2D eigenvalue weighted by Crippen LogP contribution is 2.27. The molecule has 2 atom stereocenters. The Bertz CT molecular complexity index is 406. The predicted molar refractivity (Wildman–Crippen MR) is 70.3 cm³/mol. The summed E-state index contributed by atoms with van der Waals surface area (Å²) >= 11 is 0. The van der Waals surface area contributed by atoms with Gasteiger partial charge in [-0.1, -0.05) is 13.3 Å². The fourth-order valence-electron chi connectivity index (χ4n) is 2.61. The van der Waals surface area contributed by atoms with Crippen molar-refractivity contribution in [2.75, 3.05) is 25.1 Å². The Labute approximate surface area is 109 Å². The molecule has 1 fully saturated rings. The zero-order chi connectivity index (χ0) is 14.0. The van der Waals surface area contributed by atoms with E-state index >= 15 is 0 Å². The van der Waals surface area contributed by atoms with Crippen molar-refractivity contribution in [3.8, 4) is 0 Å². The van der Waals surface area contributed by atoms with Gasteiger partial charge in [0.05, 0.1) is 16.9 Å². The molecule has 1 aliphatic heterocycles. The summed E-state index contributed by atoms with van der Waals surface area (Å²) in [5, 5.41) is 9.31. The second kappa shape index (κ2) is 5.57. The van der Waals surface area contributed by atoms with Gasteiger partial charge in [0, 0.05) is 12.6 Å². The molecule has 6 heteroatoms. The summed E-state index contributed by atoms with van der Waals surface area (Å²) in [6.07, 6.45) is 2.02. The average Bonchev–Trinajstić information content (AvgIpc) is 2.59. The highest BCUT2D eigenvalue weighted by Gasteiger charge is 2.37. The van der Waals surface area contributed by atoms with E-state index in [0.717, 1.165) is 6.42 Å². The molecule has 0 radical (unpaired) electrons. The SMILES string of the molecule is CCCC(C)(CN(C)C1CCS(=O)(=O)C1)C(=O)O. The van der Waals surface area contributed by atoms with Crippen LogP contribution in [0.4, 0.5) is 0 Å². The van der Waals surface area contributed by atoms with Gasteiger partial charge >= 0.3 is 5.97 Å². The van der Waals surface area contributed by atoms with Crippen LogP contribution < -0.4 is 0 Å². The number of carboxylic acids is 1. The van der Waals surface area contributed by atoms with E-state index in [1.807, 2.05) is 18.9 Å². The molecule has 0 amide bonds. The molecule has 0 aromatic heterocycles. The van der Waals surface area contributed by atoms with Gasteiger partial charge in [0.2, 0.25) is 0 Å². The van der Waals surface area contributed by atoms with Gasteiger partial charge in [-0.25, -0.2) is 8.42 Å². The van der Waals surface area contributed by atoms with Crippen LogP contribution in [0.3, 0.4) is 0 Å². The quantitative estimate of drug-likeness (QED) is 0.784. The molecule has 18 heavy (non-hydrogen) atoms. The maximum atomic E-state index is 11.4. The van der Waals surface area contributed by atoms with Crippen LogP contribution in [-0.4, -0.2) is 55.5 Å². The van der Waals surface area contributed by atoms with Crippen LogP contribution in [0.25, 0.3) is 0 Å². The van der Waals surface area contributed by atoms with Crippen molar-refractivity contribution in [2.24, 2.45) is 5.41 Å². The Balaban J connectivity index is 2.68. The Morgan fingerprint density at radius 1 is 1.50 bits per heavy atom. The molecule has 0 aromatic carbocycles. The third kappa shape index (κ3) is 3.68. The van der Waals surface area contributed by atoms with E-state index in [0.29, 0.717) is 19.4 Å². The van der Waals surface area contributed by atoms with Crippen LogP contribution >= 0.6 is 0 Å². The number of nitrogens with zero attached hydrogens (tertiary/aromatic N) is 1. The van der Waals surface area contributed by atoms with Crippen LogP contribution in [0.2, 0.25) is 0 Å². The monoisotopic (exact) mass is 277 g/mol. The first-order valence-corrected chi connectivity index (χ1v) is 8.16. The highest BCUT2D eigenvalue weighted by atomic mass is 32.2. The number of carbonyl (C=O) groups is 1. The second-order valence-corrected chi connectivity index (χ2v) is 7.82. The fourth-order valence-corrected chi connectivity index (χ4v) is 4.41. The first-order chi connectivity index (χ1) is 8.20. The molecule has 0 aliphatic carbocycles. The van der Waals surface area contributed by atoms with Crippen molar-refractivity contribution in [3.63, 3.8) is 0 Å². The molecule has 1 heterocycles. The molecule has 1 rings (SSSR count). The predicted octanol–water partition coefficient (Wildman–Crippen LogP) is 0.996. The minimum absolute atomic E-state index is 0.0365. The molecule has 5 nitrogen and oxygen atoms in total. The van der Waals surface area contributed by atoms with Gasteiger partial charge in [-0.2, -0.15) is 0 Å². The van der Waals surface area contributed by atoms with E-state index in [4.69, 9.17) is 0 Å². The van der Waals surface area contributed by atoms with Gasteiger partial charge < -0.3 is 10.0 Å². The second-order valence-electron chi connectivity index (χ2n) is 5.59. The summed E-state index contributed by atoms with van der Waals surface area (Å²) in [4.78, 5) is 13.2.